The molecule has 0 radical (unpaired) electrons. The molecule has 1 aromatic rings. The molecule has 132 valence electrons. The van der Waals surface area contributed by atoms with Crippen LogP contribution < -0.4 is 5.32 Å². The summed E-state index contributed by atoms with van der Waals surface area (Å²) in [7, 11) is 0. The second kappa shape index (κ2) is 7.99. The number of carbonyl (C=O) groups is 1. The quantitative estimate of drug-likeness (QED) is 0.871. The molecule has 3 atom stereocenters. The Balaban J connectivity index is 1.73. The van der Waals surface area contributed by atoms with Gasteiger partial charge in [-0.1, -0.05) is 24.3 Å². The summed E-state index contributed by atoms with van der Waals surface area (Å²) in [5.74, 6) is 0. The molecule has 5 heteroatoms. The summed E-state index contributed by atoms with van der Waals surface area (Å²) in [6, 6.07) is 8.26. The van der Waals surface area contributed by atoms with Crippen LogP contribution >= 0.6 is 0 Å². The van der Waals surface area contributed by atoms with Gasteiger partial charge in [0, 0.05) is 13.2 Å². The van der Waals surface area contributed by atoms with Gasteiger partial charge in [0.15, 0.2) is 0 Å². The maximum Gasteiger partial charge on any atom is 0.318 e. The molecule has 2 amide bonds. The summed E-state index contributed by atoms with van der Waals surface area (Å²) < 4.78 is 5.67. The Bertz CT molecular complexity index is 557. The summed E-state index contributed by atoms with van der Waals surface area (Å²) in [5.41, 5.74) is 2.54. The smallest absolute Gasteiger partial charge is 0.318 e. The van der Waals surface area contributed by atoms with Gasteiger partial charge in [0.05, 0.1) is 24.8 Å². The van der Waals surface area contributed by atoms with Crippen LogP contribution in [-0.2, 0) is 11.2 Å². The van der Waals surface area contributed by atoms with Crippen LogP contribution in [0.3, 0.4) is 0 Å². The molecule has 2 aliphatic rings. The standard InChI is InChI=1S/C19H28N2O3/c1-14(18-10-5-13-24-18)20-19(23)21(11-12-22)17-9-4-7-15-6-2-3-8-16(15)17/h2-3,6,8,14,17-18,22H,4-5,7,9-13H2,1H3,(H,20,23)/t14-,17+,18+/m0/s1. The topological polar surface area (TPSA) is 61.8 Å². The van der Waals surface area contributed by atoms with Crippen molar-refractivity contribution in [3.63, 3.8) is 0 Å². The number of hydrogen-bond donors (Lipinski definition) is 2. The Morgan fingerprint density at radius 3 is 2.96 bits per heavy atom. The van der Waals surface area contributed by atoms with Gasteiger partial charge in [0.1, 0.15) is 0 Å². The molecule has 0 saturated carbocycles. The average molecular weight is 332 g/mol. The van der Waals surface area contributed by atoms with Gasteiger partial charge in [0.25, 0.3) is 0 Å². The lowest BCUT2D eigenvalue weighted by Crippen LogP contribution is -2.50. The van der Waals surface area contributed by atoms with Gasteiger partial charge in [-0.05, 0) is 50.2 Å². The highest BCUT2D eigenvalue weighted by molar-refractivity contribution is 5.75. The Labute approximate surface area is 144 Å². The van der Waals surface area contributed by atoms with E-state index in [1.54, 1.807) is 4.90 Å². The van der Waals surface area contributed by atoms with Crippen molar-refractivity contribution in [1.29, 1.82) is 0 Å². The molecule has 1 fully saturated rings. The second-order valence-corrected chi connectivity index (χ2v) is 6.81. The predicted octanol–water partition coefficient (Wildman–Crippen LogP) is 2.64. The van der Waals surface area contributed by atoms with Crippen LogP contribution in [0.2, 0.25) is 0 Å². The molecule has 0 bridgehead atoms. The van der Waals surface area contributed by atoms with Crippen LogP contribution in [0.25, 0.3) is 0 Å². The third-order valence-electron chi connectivity index (χ3n) is 5.19. The highest BCUT2D eigenvalue weighted by Gasteiger charge is 2.31. The van der Waals surface area contributed by atoms with E-state index >= 15 is 0 Å². The largest absolute Gasteiger partial charge is 0.395 e. The Kier molecular flexibility index (Phi) is 5.74. The second-order valence-electron chi connectivity index (χ2n) is 6.81. The van der Waals surface area contributed by atoms with Crippen LogP contribution in [0.5, 0.6) is 0 Å². The predicted molar refractivity (Wildman–Crippen MR) is 92.9 cm³/mol. The number of fused-ring (bicyclic) bond motifs is 1. The van der Waals surface area contributed by atoms with E-state index in [1.165, 1.54) is 11.1 Å². The maximum absolute atomic E-state index is 12.9. The minimum atomic E-state index is -0.103. The van der Waals surface area contributed by atoms with E-state index in [9.17, 15) is 9.90 Å². The van der Waals surface area contributed by atoms with Gasteiger partial charge in [-0.2, -0.15) is 0 Å². The molecule has 0 unspecified atom stereocenters. The number of hydrogen-bond acceptors (Lipinski definition) is 3. The van der Waals surface area contributed by atoms with Crippen molar-refractivity contribution in [3.05, 3.63) is 35.4 Å². The van der Waals surface area contributed by atoms with E-state index in [0.717, 1.165) is 38.7 Å². The third-order valence-corrected chi connectivity index (χ3v) is 5.19. The summed E-state index contributed by atoms with van der Waals surface area (Å²) >= 11 is 0. The number of nitrogens with zero attached hydrogens (tertiary/aromatic N) is 1. The number of aliphatic hydroxyl groups is 1. The first-order valence-corrected chi connectivity index (χ1v) is 9.08. The van der Waals surface area contributed by atoms with Crippen molar-refractivity contribution >= 4 is 6.03 Å². The van der Waals surface area contributed by atoms with E-state index in [4.69, 9.17) is 4.74 Å². The fraction of sp³-hybridized carbons (Fsp3) is 0.632. The first kappa shape index (κ1) is 17.2. The Morgan fingerprint density at radius 2 is 2.21 bits per heavy atom. The van der Waals surface area contributed by atoms with E-state index in [1.807, 2.05) is 13.0 Å². The monoisotopic (exact) mass is 332 g/mol. The van der Waals surface area contributed by atoms with Gasteiger partial charge in [-0.15, -0.1) is 0 Å². The molecule has 1 aliphatic carbocycles. The number of benzene rings is 1. The van der Waals surface area contributed by atoms with E-state index in [-0.39, 0.29) is 30.8 Å². The SMILES string of the molecule is C[C@H](NC(=O)N(CCO)[C@@H]1CCCc2ccccc21)[C@H]1CCCO1. The fourth-order valence-electron chi connectivity index (χ4n) is 3.93. The molecule has 5 nitrogen and oxygen atoms in total. The average Bonchev–Trinajstić information content (AvgIpc) is 3.14. The van der Waals surface area contributed by atoms with Crippen LogP contribution in [0.1, 0.15) is 49.8 Å². The van der Waals surface area contributed by atoms with Crippen LogP contribution in [0.4, 0.5) is 4.79 Å². The first-order chi connectivity index (χ1) is 11.7. The molecule has 1 aromatic carbocycles. The van der Waals surface area contributed by atoms with Crippen LogP contribution in [-0.4, -0.2) is 47.9 Å². The zero-order valence-electron chi connectivity index (χ0n) is 14.4. The van der Waals surface area contributed by atoms with Crippen molar-refractivity contribution in [3.8, 4) is 0 Å². The summed E-state index contributed by atoms with van der Waals surface area (Å²) in [5, 5.41) is 12.5. The normalized spacial score (nSPS) is 24.2. The molecule has 2 N–H and O–H groups in total. The van der Waals surface area contributed by atoms with Crippen molar-refractivity contribution < 1.29 is 14.6 Å². The highest BCUT2D eigenvalue weighted by atomic mass is 16.5. The van der Waals surface area contributed by atoms with Crippen LogP contribution in [0, 0.1) is 0 Å². The molecule has 0 aromatic heterocycles. The van der Waals surface area contributed by atoms with E-state index in [2.05, 4.69) is 23.5 Å². The Hall–Kier alpha value is -1.59. The van der Waals surface area contributed by atoms with Gasteiger partial charge < -0.3 is 20.1 Å². The van der Waals surface area contributed by atoms with Gasteiger partial charge in [0.2, 0.25) is 0 Å². The molecule has 1 heterocycles. The van der Waals surface area contributed by atoms with Crippen molar-refractivity contribution in [1.82, 2.24) is 10.2 Å². The number of urea groups is 1. The number of carbonyl (C=O) groups excluding carboxylic acids is 1. The van der Waals surface area contributed by atoms with Gasteiger partial charge in [-0.3, -0.25) is 0 Å². The zero-order chi connectivity index (χ0) is 16.9. The molecule has 3 rings (SSSR count). The number of rotatable bonds is 5. The van der Waals surface area contributed by atoms with Crippen LogP contribution in [0.15, 0.2) is 24.3 Å². The molecule has 24 heavy (non-hydrogen) atoms. The van der Waals surface area contributed by atoms with Gasteiger partial charge >= 0.3 is 6.03 Å². The number of nitrogens with one attached hydrogen (secondary N) is 1. The number of ether oxygens (including phenoxy) is 1. The lowest BCUT2D eigenvalue weighted by atomic mass is 9.87. The highest BCUT2D eigenvalue weighted by Crippen LogP contribution is 2.34. The number of amides is 2. The lowest BCUT2D eigenvalue weighted by molar-refractivity contribution is 0.0798. The minimum absolute atomic E-state index is 0.0139. The molecule has 1 aliphatic heterocycles. The first-order valence-electron chi connectivity index (χ1n) is 9.08. The number of aliphatic hydroxyl groups excluding tert-OH is 1. The zero-order valence-corrected chi connectivity index (χ0v) is 14.4. The number of aryl methyl sites for hydroxylation is 1. The third kappa shape index (κ3) is 3.73. The molecule has 0 spiro atoms. The Morgan fingerprint density at radius 1 is 1.38 bits per heavy atom. The van der Waals surface area contributed by atoms with E-state index < -0.39 is 0 Å². The fourth-order valence-corrected chi connectivity index (χ4v) is 3.93. The summed E-state index contributed by atoms with van der Waals surface area (Å²) in [6.45, 7) is 3.10. The summed E-state index contributed by atoms with van der Waals surface area (Å²) in [4.78, 5) is 14.7. The van der Waals surface area contributed by atoms with Crippen molar-refractivity contribution in [2.45, 2.75) is 57.2 Å². The van der Waals surface area contributed by atoms with E-state index in [0.29, 0.717) is 6.54 Å². The molecular weight excluding hydrogens is 304 g/mol. The van der Waals surface area contributed by atoms with Crippen molar-refractivity contribution in [2.75, 3.05) is 19.8 Å². The lowest BCUT2D eigenvalue weighted by Gasteiger charge is -2.36. The molecule has 1 saturated heterocycles. The minimum Gasteiger partial charge on any atom is -0.395 e. The summed E-state index contributed by atoms with van der Waals surface area (Å²) in [6.07, 6.45) is 5.22. The van der Waals surface area contributed by atoms with Gasteiger partial charge in [-0.25, -0.2) is 4.79 Å². The maximum atomic E-state index is 12.9. The van der Waals surface area contributed by atoms with Crippen molar-refractivity contribution in [2.24, 2.45) is 0 Å². The molecular formula is C19H28N2O3.